The normalized spacial score (nSPS) is 23.6. The number of esters is 1. The van der Waals surface area contributed by atoms with Crippen molar-refractivity contribution in [3.8, 4) is 0 Å². The van der Waals surface area contributed by atoms with Crippen LogP contribution in [0.1, 0.15) is 66.2 Å². The fourth-order valence-electron chi connectivity index (χ4n) is 3.61. The molecule has 2 fully saturated rings. The van der Waals surface area contributed by atoms with E-state index in [0.29, 0.717) is 19.5 Å². The summed E-state index contributed by atoms with van der Waals surface area (Å²) in [5, 5.41) is 2.78. The topological polar surface area (TPSA) is 88.2 Å². The van der Waals surface area contributed by atoms with Crippen molar-refractivity contribution in [3.05, 3.63) is 0 Å². The van der Waals surface area contributed by atoms with Gasteiger partial charge < -0.3 is 19.7 Å². The molecule has 0 radical (unpaired) electrons. The molecule has 3 atom stereocenters. The van der Waals surface area contributed by atoms with Crippen LogP contribution < -0.4 is 5.32 Å². The van der Waals surface area contributed by atoms with Gasteiger partial charge in [-0.05, 0) is 51.9 Å². The van der Waals surface area contributed by atoms with E-state index in [9.17, 15) is 14.4 Å². The number of ether oxygens (including phenoxy) is 2. The van der Waals surface area contributed by atoms with E-state index in [1.54, 1.807) is 4.90 Å². The Bertz CT molecular complexity index is 526. The number of rotatable bonds is 9. The zero-order valence-corrected chi connectivity index (χ0v) is 17.0. The molecule has 1 aliphatic carbocycles. The lowest BCUT2D eigenvalue weighted by Gasteiger charge is -2.26. The van der Waals surface area contributed by atoms with Crippen molar-refractivity contribution in [1.82, 2.24) is 10.2 Å². The molecule has 3 unspecified atom stereocenters. The fraction of sp³-hybridized carbons (Fsp3) is 0.850. The van der Waals surface area contributed by atoms with E-state index in [-0.39, 0.29) is 17.9 Å². The Morgan fingerprint density at radius 3 is 2.26 bits per heavy atom. The highest BCUT2D eigenvalue weighted by molar-refractivity contribution is 5.95. The van der Waals surface area contributed by atoms with Crippen molar-refractivity contribution < 1.29 is 23.9 Å². The van der Waals surface area contributed by atoms with Crippen LogP contribution in [-0.2, 0) is 23.9 Å². The summed E-state index contributed by atoms with van der Waals surface area (Å²) in [5.41, 5.74) is 0. The van der Waals surface area contributed by atoms with Crippen LogP contribution in [0.3, 0.4) is 0 Å². The van der Waals surface area contributed by atoms with Crippen LogP contribution in [0.15, 0.2) is 0 Å². The van der Waals surface area contributed by atoms with Gasteiger partial charge in [-0.3, -0.25) is 9.59 Å². The largest absolute Gasteiger partial charge is 0.460 e. The standard InChI is InChI=1S/C20H34N2O5/c1-5-22(6-2)19(24)15(12-13(3)4)21-18(23)16-17(27-16)20(25)26-14-10-8-7-9-11-14/h13-17H,5-12H2,1-4H3,(H,21,23). The van der Waals surface area contributed by atoms with E-state index in [1.807, 2.05) is 27.7 Å². The minimum absolute atomic E-state index is 0.0582. The predicted octanol–water partition coefficient (Wildman–Crippen LogP) is 2.03. The van der Waals surface area contributed by atoms with Crippen molar-refractivity contribution in [3.63, 3.8) is 0 Å². The monoisotopic (exact) mass is 382 g/mol. The molecule has 2 amide bonds. The van der Waals surface area contributed by atoms with Gasteiger partial charge in [0.25, 0.3) is 5.91 Å². The minimum Gasteiger partial charge on any atom is -0.460 e. The first-order chi connectivity index (χ1) is 12.9. The molecule has 0 spiro atoms. The first kappa shape index (κ1) is 21.7. The van der Waals surface area contributed by atoms with E-state index in [2.05, 4.69) is 5.32 Å². The van der Waals surface area contributed by atoms with Crippen LogP contribution >= 0.6 is 0 Å². The molecule has 1 N–H and O–H groups in total. The summed E-state index contributed by atoms with van der Waals surface area (Å²) in [6, 6.07) is -0.600. The minimum atomic E-state index is -0.847. The molecule has 2 aliphatic rings. The molecule has 0 aromatic heterocycles. The summed E-state index contributed by atoms with van der Waals surface area (Å²) >= 11 is 0. The zero-order valence-electron chi connectivity index (χ0n) is 17.0. The number of hydrogen-bond donors (Lipinski definition) is 1. The van der Waals surface area contributed by atoms with Gasteiger partial charge in [-0.2, -0.15) is 0 Å². The highest BCUT2D eigenvalue weighted by Gasteiger charge is 2.52. The van der Waals surface area contributed by atoms with E-state index < -0.39 is 30.1 Å². The molecule has 7 nitrogen and oxygen atoms in total. The second kappa shape index (κ2) is 10.1. The number of epoxide rings is 1. The van der Waals surface area contributed by atoms with Crippen LogP contribution in [-0.4, -0.2) is 60.1 Å². The summed E-state index contributed by atoms with van der Waals surface area (Å²) in [6.07, 6.45) is 3.87. The van der Waals surface area contributed by atoms with Gasteiger partial charge in [0.05, 0.1) is 0 Å². The highest BCUT2D eigenvalue weighted by Crippen LogP contribution is 2.27. The Kier molecular flexibility index (Phi) is 8.07. The van der Waals surface area contributed by atoms with Crippen molar-refractivity contribution in [2.45, 2.75) is 90.6 Å². The SMILES string of the molecule is CCN(CC)C(=O)C(CC(C)C)NC(=O)C1OC1C(=O)OC1CCCCC1. The molecule has 1 saturated heterocycles. The average Bonchev–Trinajstić information content (AvgIpc) is 3.43. The number of likely N-dealkylation sites (N-methyl/N-ethyl adjacent to an activating group) is 1. The molecule has 7 heteroatoms. The fourth-order valence-corrected chi connectivity index (χ4v) is 3.61. The van der Waals surface area contributed by atoms with Crippen molar-refractivity contribution in [2.24, 2.45) is 5.92 Å². The lowest BCUT2D eigenvalue weighted by Crippen LogP contribution is -2.50. The van der Waals surface area contributed by atoms with Gasteiger partial charge in [-0.15, -0.1) is 0 Å². The average molecular weight is 383 g/mol. The van der Waals surface area contributed by atoms with Crippen molar-refractivity contribution in [1.29, 1.82) is 0 Å². The summed E-state index contributed by atoms with van der Waals surface area (Å²) < 4.78 is 10.7. The van der Waals surface area contributed by atoms with Crippen LogP contribution in [0.5, 0.6) is 0 Å². The third-order valence-corrected chi connectivity index (χ3v) is 5.21. The molecule has 0 bridgehead atoms. The number of carbonyl (C=O) groups excluding carboxylic acids is 3. The van der Waals surface area contributed by atoms with Crippen LogP contribution in [0, 0.1) is 5.92 Å². The molecule has 1 heterocycles. The Morgan fingerprint density at radius 2 is 1.70 bits per heavy atom. The Hall–Kier alpha value is -1.63. The van der Waals surface area contributed by atoms with Crippen molar-refractivity contribution in [2.75, 3.05) is 13.1 Å². The van der Waals surface area contributed by atoms with Crippen LogP contribution in [0.2, 0.25) is 0 Å². The second-order valence-corrected chi connectivity index (χ2v) is 7.88. The van der Waals surface area contributed by atoms with E-state index >= 15 is 0 Å². The molecule has 154 valence electrons. The van der Waals surface area contributed by atoms with Gasteiger partial charge in [0.2, 0.25) is 5.91 Å². The van der Waals surface area contributed by atoms with Crippen molar-refractivity contribution >= 4 is 17.8 Å². The molecule has 2 rings (SSSR count). The maximum atomic E-state index is 12.7. The van der Waals surface area contributed by atoms with Gasteiger partial charge in [0, 0.05) is 13.1 Å². The molecule has 0 aromatic rings. The Morgan fingerprint density at radius 1 is 1.07 bits per heavy atom. The lowest BCUT2D eigenvalue weighted by atomic mass is 9.98. The molecule has 0 aromatic carbocycles. The van der Waals surface area contributed by atoms with Gasteiger partial charge >= 0.3 is 5.97 Å². The Balaban J connectivity index is 1.87. The highest BCUT2D eigenvalue weighted by atomic mass is 16.6. The lowest BCUT2D eigenvalue weighted by molar-refractivity contribution is -0.152. The smallest absolute Gasteiger partial charge is 0.338 e. The summed E-state index contributed by atoms with van der Waals surface area (Å²) in [4.78, 5) is 39.1. The van der Waals surface area contributed by atoms with Gasteiger partial charge in [-0.25, -0.2) is 4.79 Å². The quantitative estimate of drug-likeness (QED) is 0.487. The van der Waals surface area contributed by atoms with Crippen LogP contribution in [0.25, 0.3) is 0 Å². The molecule has 27 heavy (non-hydrogen) atoms. The van der Waals surface area contributed by atoms with E-state index in [0.717, 1.165) is 25.7 Å². The summed E-state index contributed by atoms with van der Waals surface area (Å²) in [7, 11) is 0. The predicted molar refractivity (Wildman–Crippen MR) is 101 cm³/mol. The Labute approximate surface area is 162 Å². The number of amides is 2. The van der Waals surface area contributed by atoms with E-state index in [4.69, 9.17) is 9.47 Å². The molecular formula is C20H34N2O5. The van der Waals surface area contributed by atoms with E-state index in [1.165, 1.54) is 6.42 Å². The van der Waals surface area contributed by atoms with Crippen LogP contribution in [0.4, 0.5) is 0 Å². The number of carbonyl (C=O) groups is 3. The van der Waals surface area contributed by atoms with Gasteiger partial charge in [-0.1, -0.05) is 20.3 Å². The number of hydrogen-bond acceptors (Lipinski definition) is 5. The van der Waals surface area contributed by atoms with Gasteiger partial charge in [0.1, 0.15) is 12.1 Å². The molecule has 1 saturated carbocycles. The first-order valence-corrected chi connectivity index (χ1v) is 10.3. The zero-order chi connectivity index (χ0) is 20.0. The third-order valence-electron chi connectivity index (χ3n) is 5.21. The second-order valence-electron chi connectivity index (χ2n) is 7.88. The first-order valence-electron chi connectivity index (χ1n) is 10.3. The number of nitrogens with zero attached hydrogens (tertiary/aromatic N) is 1. The summed E-state index contributed by atoms with van der Waals surface area (Å²) in [6.45, 7) is 9.03. The molecule has 1 aliphatic heterocycles. The summed E-state index contributed by atoms with van der Waals surface area (Å²) in [5.74, 6) is -0.713. The van der Waals surface area contributed by atoms with Gasteiger partial charge in [0.15, 0.2) is 12.2 Å². The maximum absolute atomic E-state index is 12.7. The third kappa shape index (κ3) is 6.19. The molecular weight excluding hydrogens is 348 g/mol. The maximum Gasteiger partial charge on any atom is 0.338 e. The number of nitrogens with one attached hydrogen (secondary N) is 1.